The van der Waals surface area contributed by atoms with Gasteiger partial charge in [0, 0.05) is 32.7 Å². The number of halogens is 1. The fourth-order valence-corrected chi connectivity index (χ4v) is 2.77. The Labute approximate surface area is 109 Å². The molecule has 0 spiro atoms. The minimum atomic E-state index is -1.15. The number of rotatable bonds is 3. The number of nitrogens with zero attached hydrogens (tertiary/aromatic N) is 2. The van der Waals surface area contributed by atoms with E-state index in [1.165, 1.54) is 0 Å². The lowest BCUT2D eigenvalue weighted by atomic mass is 10.1. The van der Waals surface area contributed by atoms with Gasteiger partial charge in [-0.05, 0) is 33.2 Å². The predicted molar refractivity (Wildman–Crippen MR) is 69.2 cm³/mol. The fourth-order valence-electron chi connectivity index (χ4n) is 2.77. The van der Waals surface area contributed by atoms with E-state index < -0.39 is 5.67 Å². The van der Waals surface area contributed by atoms with E-state index in [2.05, 4.69) is 10.2 Å². The largest absolute Gasteiger partial charge is 0.339 e. The maximum atomic E-state index is 13.5. The second-order valence-corrected chi connectivity index (χ2v) is 5.97. The molecule has 0 aromatic rings. The summed E-state index contributed by atoms with van der Waals surface area (Å²) in [4.78, 5) is 16.2. The third-order valence-corrected chi connectivity index (χ3v) is 3.64. The molecule has 0 saturated carbocycles. The molecule has 2 aliphatic heterocycles. The summed E-state index contributed by atoms with van der Waals surface area (Å²) in [5, 5.41) is 3.24. The van der Waals surface area contributed by atoms with Gasteiger partial charge in [0.2, 0.25) is 5.91 Å². The van der Waals surface area contributed by atoms with Crippen molar-refractivity contribution in [2.45, 2.75) is 38.4 Å². The van der Waals surface area contributed by atoms with Crippen LogP contribution in [-0.2, 0) is 4.79 Å². The van der Waals surface area contributed by atoms with Gasteiger partial charge in [-0.2, -0.15) is 0 Å². The lowest BCUT2D eigenvalue weighted by Gasteiger charge is -2.37. The van der Waals surface area contributed by atoms with Gasteiger partial charge in [-0.25, -0.2) is 4.39 Å². The van der Waals surface area contributed by atoms with Gasteiger partial charge in [0.15, 0.2) is 0 Å². The van der Waals surface area contributed by atoms with Gasteiger partial charge >= 0.3 is 0 Å². The molecule has 104 valence electrons. The maximum absolute atomic E-state index is 13.5. The van der Waals surface area contributed by atoms with Gasteiger partial charge in [0.1, 0.15) is 5.67 Å². The second kappa shape index (κ2) is 5.53. The van der Waals surface area contributed by atoms with Gasteiger partial charge in [0.05, 0.1) is 6.04 Å². The van der Waals surface area contributed by atoms with Gasteiger partial charge in [-0.1, -0.05) is 0 Å². The smallest absolute Gasteiger partial charge is 0.239 e. The lowest BCUT2D eigenvalue weighted by Crippen LogP contribution is -2.54. The summed E-state index contributed by atoms with van der Waals surface area (Å²) in [6.07, 6.45) is 2.04. The molecule has 4 nitrogen and oxygen atoms in total. The highest BCUT2D eigenvalue weighted by Crippen LogP contribution is 2.14. The first-order valence-electron chi connectivity index (χ1n) is 6.89. The van der Waals surface area contributed by atoms with Crippen LogP contribution in [0.25, 0.3) is 0 Å². The van der Waals surface area contributed by atoms with E-state index in [1.54, 1.807) is 13.8 Å². The van der Waals surface area contributed by atoms with E-state index in [9.17, 15) is 9.18 Å². The number of nitrogens with one attached hydrogen (secondary N) is 1. The molecule has 1 atom stereocenters. The zero-order valence-electron chi connectivity index (χ0n) is 11.4. The van der Waals surface area contributed by atoms with Crippen molar-refractivity contribution in [1.29, 1.82) is 0 Å². The summed E-state index contributed by atoms with van der Waals surface area (Å²) in [6, 6.07) is 0.0224. The van der Waals surface area contributed by atoms with E-state index in [4.69, 9.17) is 0 Å². The highest BCUT2D eigenvalue weighted by Gasteiger charge is 2.30. The average Bonchev–Trinajstić information content (AvgIpc) is 2.80. The van der Waals surface area contributed by atoms with Crippen LogP contribution in [0.2, 0.25) is 0 Å². The summed E-state index contributed by atoms with van der Waals surface area (Å²) >= 11 is 0. The molecule has 0 radical (unpaired) electrons. The molecular formula is C13H24FN3O. The highest BCUT2D eigenvalue weighted by molar-refractivity contribution is 5.82. The molecule has 0 bridgehead atoms. The van der Waals surface area contributed by atoms with E-state index >= 15 is 0 Å². The summed E-state index contributed by atoms with van der Waals surface area (Å²) < 4.78 is 13.5. The zero-order valence-corrected chi connectivity index (χ0v) is 11.4. The molecule has 2 heterocycles. The third-order valence-electron chi connectivity index (χ3n) is 3.64. The first kappa shape index (κ1) is 13.7. The van der Waals surface area contributed by atoms with Crippen molar-refractivity contribution in [2.24, 2.45) is 0 Å². The summed E-state index contributed by atoms with van der Waals surface area (Å²) in [7, 11) is 0. The third kappa shape index (κ3) is 3.65. The monoisotopic (exact) mass is 257 g/mol. The molecule has 1 N–H and O–H groups in total. The molecular weight excluding hydrogens is 233 g/mol. The summed E-state index contributed by atoms with van der Waals surface area (Å²) in [6.45, 7) is 7.64. The lowest BCUT2D eigenvalue weighted by molar-refractivity contribution is -0.135. The van der Waals surface area contributed by atoms with Crippen molar-refractivity contribution in [3.63, 3.8) is 0 Å². The Morgan fingerprint density at radius 3 is 2.50 bits per heavy atom. The van der Waals surface area contributed by atoms with Crippen LogP contribution in [-0.4, -0.2) is 66.7 Å². The van der Waals surface area contributed by atoms with Crippen molar-refractivity contribution in [3.05, 3.63) is 0 Å². The minimum Gasteiger partial charge on any atom is -0.339 e. The van der Waals surface area contributed by atoms with Crippen molar-refractivity contribution < 1.29 is 9.18 Å². The van der Waals surface area contributed by atoms with E-state index in [-0.39, 0.29) is 11.9 Å². The zero-order chi connectivity index (χ0) is 13.2. The van der Waals surface area contributed by atoms with Crippen LogP contribution in [0.5, 0.6) is 0 Å². The van der Waals surface area contributed by atoms with Crippen LogP contribution in [0.15, 0.2) is 0 Å². The van der Waals surface area contributed by atoms with E-state index in [0.29, 0.717) is 6.54 Å². The SMILES string of the molecule is CC(C)(F)CN1CCN(C(=O)C2CCCN2)CC1. The van der Waals surface area contributed by atoms with Crippen LogP contribution in [0.1, 0.15) is 26.7 Å². The van der Waals surface area contributed by atoms with Gasteiger partial charge < -0.3 is 10.2 Å². The number of hydrogen-bond acceptors (Lipinski definition) is 3. The Morgan fingerprint density at radius 2 is 2.00 bits per heavy atom. The maximum Gasteiger partial charge on any atom is 0.239 e. The first-order valence-corrected chi connectivity index (χ1v) is 6.89. The Bertz CT molecular complexity index is 289. The molecule has 2 saturated heterocycles. The molecule has 1 unspecified atom stereocenters. The molecule has 5 heteroatoms. The van der Waals surface area contributed by atoms with E-state index in [0.717, 1.165) is 45.6 Å². The topological polar surface area (TPSA) is 35.6 Å². The van der Waals surface area contributed by atoms with Gasteiger partial charge in [-0.15, -0.1) is 0 Å². The Kier molecular flexibility index (Phi) is 4.22. The van der Waals surface area contributed by atoms with Crippen LogP contribution in [0.3, 0.4) is 0 Å². The Balaban J connectivity index is 1.77. The Morgan fingerprint density at radius 1 is 1.33 bits per heavy atom. The average molecular weight is 257 g/mol. The molecule has 2 rings (SSSR count). The quantitative estimate of drug-likeness (QED) is 0.805. The number of carbonyl (C=O) groups is 1. The van der Waals surface area contributed by atoms with Crippen molar-refractivity contribution in [2.75, 3.05) is 39.3 Å². The molecule has 2 aliphatic rings. The number of piperazine rings is 1. The standard InChI is InChI=1S/C13H24FN3O/c1-13(2,14)10-16-6-8-17(9-7-16)12(18)11-4-3-5-15-11/h11,15H,3-10H2,1-2H3. The summed E-state index contributed by atoms with van der Waals surface area (Å²) in [5.74, 6) is 0.228. The van der Waals surface area contributed by atoms with Crippen LogP contribution >= 0.6 is 0 Å². The van der Waals surface area contributed by atoms with Gasteiger partial charge in [0.25, 0.3) is 0 Å². The van der Waals surface area contributed by atoms with Crippen LogP contribution in [0.4, 0.5) is 4.39 Å². The van der Waals surface area contributed by atoms with Crippen molar-refractivity contribution in [1.82, 2.24) is 15.1 Å². The predicted octanol–water partition coefficient (Wildman–Crippen LogP) is 0.631. The van der Waals surface area contributed by atoms with Crippen molar-refractivity contribution in [3.8, 4) is 0 Å². The fraction of sp³-hybridized carbons (Fsp3) is 0.923. The Hall–Kier alpha value is -0.680. The normalized spacial score (nSPS) is 26.6. The number of alkyl halides is 1. The second-order valence-electron chi connectivity index (χ2n) is 5.97. The number of amides is 1. The molecule has 0 aliphatic carbocycles. The van der Waals surface area contributed by atoms with Crippen LogP contribution in [0, 0.1) is 0 Å². The molecule has 18 heavy (non-hydrogen) atoms. The van der Waals surface area contributed by atoms with Crippen LogP contribution < -0.4 is 5.32 Å². The molecule has 2 fully saturated rings. The number of hydrogen-bond donors (Lipinski definition) is 1. The number of carbonyl (C=O) groups excluding carboxylic acids is 1. The molecule has 0 aromatic carbocycles. The van der Waals surface area contributed by atoms with E-state index in [1.807, 2.05) is 4.90 Å². The minimum absolute atomic E-state index is 0.0224. The van der Waals surface area contributed by atoms with Gasteiger partial charge in [-0.3, -0.25) is 9.69 Å². The first-order chi connectivity index (χ1) is 8.46. The van der Waals surface area contributed by atoms with Crippen molar-refractivity contribution >= 4 is 5.91 Å². The summed E-state index contributed by atoms with van der Waals surface area (Å²) in [5.41, 5.74) is -1.15. The molecule has 1 amide bonds. The molecule has 0 aromatic heterocycles. The highest BCUT2D eigenvalue weighted by atomic mass is 19.1.